The van der Waals surface area contributed by atoms with Gasteiger partial charge in [0.05, 0.1) is 36.0 Å². The van der Waals surface area contributed by atoms with Gasteiger partial charge in [-0.3, -0.25) is 9.59 Å². The van der Waals surface area contributed by atoms with Crippen molar-refractivity contribution in [1.29, 1.82) is 0 Å². The zero-order chi connectivity index (χ0) is 28.7. The Hall–Kier alpha value is -3.29. The molecule has 2 atom stereocenters. The molecule has 0 aromatic heterocycles. The topological polar surface area (TPSA) is 112 Å². The van der Waals surface area contributed by atoms with E-state index in [0.717, 1.165) is 29.0 Å². The van der Waals surface area contributed by atoms with Crippen LogP contribution < -0.4 is 21.3 Å². The van der Waals surface area contributed by atoms with Crippen LogP contribution in [0.3, 0.4) is 0 Å². The van der Waals surface area contributed by atoms with Gasteiger partial charge < -0.3 is 30.9 Å². The molecule has 0 aliphatic carbocycles. The number of anilines is 1. The molecule has 0 bridgehead atoms. The predicted octanol–water partition coefficient (Wildman–Crippen LogP) is 3.46. The van der Waals surface area contributed by atoms with Crippen LogP contribution in [0.1, 0.15) is 34.3 Å². The third-order valence-corrected chi connectivity index (χ3v) is 7.56. The lowest BCUT2D eigenvalue weighted by molar-refractivity contribution is -0.137. The van der Waals surface area contributed by atoms with Crippen LogP contribution >= 0.6 is 11.8 Å². The van der Waals surface area contributed by atoms with E-state index < -0.39 is 36.1 Å². The molecular weight excluding hydrogens is 547 g/mol. The van der Waals surface area contributed by atoms with Crippen molar-refractivity contribution in [3.05, 3.63) is 59.2 Å². The first-order valence-electron chi connectivity index (χ1n) is 12.9. The lowest BCUT2D eigenvalue weighted by Gasteiger charge is -2.33. The second kappa shape index (κ2) is 13.4. The lowest BCUT2D eigenvalue weighted by Crippen LogP contribution is -2.56. The number of carbonyl (C=O) groups is 3. The average Bonchev–Trinajstić information content (AvgIpc) is 2.90. The van der Waals surface area contributed by atoms with E-state index in [1.165, 1.54) is 4.90 Å². The van der Waals surface area contributed by atoms with E-state index in [9.17, 15) is 27.6 Å². The minimum absolute atomic E-state index is 0.0691. The highest BCUT2D eigenvalue weighted by Gasteiger charge is 2.33. The molecule has 0 unspecified atom stereocenters. The van der Waals surface area contributed by atoms with Gasteiger partial charge in [-0.25, -0.2) is 4.79 Å². The molecule has 2 aromatic rings. The molecule has 0 radical (unpaired) electrons. The van der Waals surface area contributed by atoms with Gasteiger partial charge >= 0.3 is 12.2 Å². The van der Waals surface area contributed by atoms with Crippen LogP contribution in [-0.4, -0.2) is 73.9 Å². The van der Waals surface area contributed by atoms with Crippen molar-refractivity contribution in [3.63, 3.8) is 0 Å². The van der Waals surface area contributed by atoms with Crippen LogP contribution in [0.2, 0.25) is 0 Å². The Morgan fingerprint density at radius 1 is 1.07 bits per heavy atom. The summed E-state index contributed by atoms with van der Waals surface area (Å²) < 4.78 is 45.5. The van der Waals surface area contributed by atoms with Gasteiger partial charge in [-0.1, -0.05) is 12.1 Å². The number of urea groups is 1. The Balaban J connectivity index is 1.35. The zero-order valence-corrected chi connectivity index (χ0v) is 22.8. The van der Waals surface area contributed by atoms with Gasteiger partial charge in [-0.05, 0) is 55.0 Å². The Morgan fingerprint density at radius 3 is 2.48 bits per heavy atom. The fraction of sp³-hybridized carbons (Fsp3) is 0.444. The van der Waals surface area contributed by atoms with Gasteiger partial charge in [0.2, 0.25) is 5.91 Å². The van der Waals surface area contributed by atoms with Gasteiger partial charge in [0.1, 0.15) is 0 Å². The second-order valence-corrected chi connectivity index (χ2v) is 10.5. The third kappa shape index (κ3) is 7.89. The Labute approximate surface area is 234 Å². The average molecular weight is 580 g/mol. The molecule has 4 amide bonds. The molecule has 4 N–H and O–H groups in total. The molecule has 9 nitrogen and oxygen atoms in total. The molecular formula is C27H32F3N5O4S. The number of halogens is 3. The van der Waals surface area contributed by atoms with Gasteiger partial charge in [0, 0.05) is 37.2 Å². The van der Waals surface area contributed by atoms with Crippen LogP contribution in [0.15, 0.2) is 47.4 Å². The standard InChI is InChI=1S/C27H32F3N5O4S/c1-40-19-6-3-17(4-7-19)14-31-22-9-12-39-16-23(22)33-24(36)15-32-25(37)20-13-18(27(28,29)30)5-8-21(20)34-26(38)35-10-2-11-35/h3-8,13,22-23,31H,2,9-12,14-16H2,1H3,(H,32,37)(H,33,36)(H,34,38)/t22-,23+/m1/s1. The molecule has 0 spiro atoms. The van der Waals surface area contributed by atoms with Crippen molar-refractivity contribution >= 4 is 35.3 Å². The van der Waals surface area contributed by atoms with Crippen LogP contribution in [0.5, 0.6) is 0 Å². The molecule has 216 valence electrons. The van der Waals surface area contributed by atoms with Crippen molar-refractivity contribution in [3.8, 4) is 0 Å². The predicted molar refractivity (Wildman–Crippen MR) is 145 cm³/mol. The summed E-state index contributed by atoms with van der Waals surface area (Å²) in [6, 6.07) is 9.73. The smallest absolute Gasteiger partial charge is 0.379 e. The maximum absolute atomic E-state index is 13.3. The summed E-state index contributed by atoms with van der Waals surface area (Å²) in [5, 5.41) is 11.2. The van der Waals surface area contributed by atoms with E-state index in [4.69, 9.17) is 4.74 Å². The summed E-state index contributed by atoms with van der Waals surface area (Å²) >= 11 is 1.66. The van der Waals surface area contributed by atoms with E-state index in [2.05, 4.69) is 21.3 Å². The number of likely N-dealkylation sites (tertiary alicyclic amines) is 1. The number of nitrogens with one attached hydrogen (secondary N) is 4. The van der Waals surface area contributed by atoms with Gasteiger partial charge in [0.15, 0.2) is 0 Å². The Kier molecular flexibility index (Phi) is 9.93. The molecule has 2 saturated heterocycles. The van der Waals surface area contributed by atoms with Crippen molar-refractivity contribution < 1.29 is 32.3 Å². The van der Waals surface area contributed by atoms with Crippen LogP contribution in [0, 0.1) is 0 Å². The summed E-state index contributed by atoms with van der Waals surface area (Å²) in [6.45, 7) is 2.01. The van der Waals surface area contributed by atoms with E-state index >= 15 is 0 Å². The fourth-order valence-corrected chi connectivity index (χ4v) is 4.77. The number of alkyl halides is 3. The first-order chi connectivity index (χ1) is 19.1. The van der Waals surface area contributed by atoms with E-state index in [0.29, 0.717) is 38.7 Å². The van der Waals surface area contributed by atoms with Gasteiger partial charge in [0.25, 0.3) is 5.91 Å². The van der Waals surface area contributed by atoms with Crippen LogP contribution in [-0.2, 0) is 22.3 Å². The van der Waals surface area contributed by atoms with Gasteiger partial charge in [-0.15, -0.1) is 11.8 Å². The molecule has 2 heterocycles. The molecule has 40 heavy (non-hydrogen) atoms. The lowest BCUT2D eigenvalue weighted by atomic mass is 10.0. The second-order valence-electron chi connectivity index (χ2n) is 9.58. The Bertz CT molecular complexity index is 1210. The molecule has 2 aromatic carbocycles. The number of thioether (sulfide) groups is 1. The van der Waals surface area contributed by atoms with Crippen molar-refractivity contribution in [2.45, 2.75) is 42.5 Å². The molecule has 0 saturated carbocycles. The molecule has 2 aliphatic heterocycles. The number of hydrogen-bond acceptors (Lipinski definition) is 6. The van der Waals surface area contributed by atoms with E-state index in [1.54, 1.807) is 11.8 Å². The summed E-state index contributed by atoms with van der Waals surface area (Å²) in [5.74, 6) is -1.43. The number of amides is 4. The summed E-state index contributed by atoms with van der Waals surface area (Å²) in [7, 11) is 0. The number of carbonyl (C=O) groups excluding carboxylic acids is 3. The van der Waals surface area contributed by atoms with Crippen molar-refractivity contribution in [2.24, 2.45) is 0 Å². The summed E-state index contributed by atoms with van der Waals surface area (Å²) in [4.78, 5) is 40.5. The Morgan fingerprint density at radius 2 is 1.82 bits per heavy atom. The number of hydrogen-bond donors (Lipinski definition) is 4. The van der Waals surface area contributed by atoms with Crippen LogP contribution in [0.4, 0.5) is 23.7 Å². The molecule has 2 fully saturated rings. The normalized spacial score (nSPS) is 18.9. The van der Waals surface area contributed by atoms with E-state index in [-0.39, 0.29) is 29.9 Å². The number of rotatable bonds is 9. The molecule has 4 rings (SSSR count). The fourth-order valence-electron chi connectivity index (χ4n) is 4.36. The maximum Gasteiger partial charge on any atom is 0.416 e. The summed E-state index contributed by atoms with van der Waals surface area (Å²) in [5.41, 5.74) is -0.400. The van der Waals surface area contributed by atoms with Crippen LogP contribution in [0.25, 0.3) is 0 Å². The SMILES string of the molecule is CSc1ccc(CN[C@@H]2CCOC[C@@H]2NC(=O)CNC(=O)c2cc(C(F)(F)F)ccc2NC(=O)N2CCC2)cc1. The number of benzene rings is 2. The largest absolute Gasteiger partial charge is 0.416 e. The minimum atomic E-state index is -4.69. The van der Waals surface area contributed by atoms with Gasteiger partial charge in [-0.2, -0.15) is 13.2 Å². The number of ether oxygens (including phenoxy) is 1. The molecule has 2 aliphatic rings. The maximum atomic E-state index is 13.3. The van der Waals surface area contributed by atoms with Crippen molar-refractivity contribution in [2.75, 3.05) is 44.4 Å². The first kappa shape index (κ1) is 29.7. The minimum Gasteiger partial charge on any atom is -0.379 e. The molecule has 13 heteroatoms. The van der Waals surface area contributed by atoms with Crippen molar-refractivity contribution in [1.82, 2.24) is 20.9 Å². The number of nitrogens with zero attached hydrogens (tertiary/aromatic N) is 1. The third-order valence-electron chi connectivity index (χ3n) is 6.82. The first-order valence-corrected chi connectivity index (χ1v) is 14.2. The highest BCUT2D eigenvalue weighted by Crippen LogP contribution is 2.32. The summed E-state index contributed by atoms with van der Waals surface area (Å²) in [6.07, 6.45) is -1.18. The van der Waals surface area contributed by atoms with E-state index in [1.807, 2.05) is 30.5 Å². The quantitative estimate of drug-likeness (QED) is 0.339. The highest BCUT2D eigenvalue weighted by atomic mass is 32.2. The zero-order valence-electron chi connectivity index (χ0n) is 22.0. The highest BCUT2D eigenvalue weighted by molar-refractivity contribution is 7.98. The monoisotopic (exact) mass is 579 g/mol.